The maximum absolute atomic E-state index is 11.7. The van der Waals surface area contributed by atoms with E-state index in [0.717, 1.165) is 5.56 Å². The number of carbonyl (C=O) groups is 1. The molecule has 0 unspecified atom stereocenters. The van der Waals surface area contributed by atoms with Crippen molar-refractivity contribution in [3.05, 3.63) is 52.9 Å². The highest BCUT2D eigenvalue weighted by Crippen LogP contribution is 2.10. The fourth-order valence-corrected chi connectivity index (χ4v) is 1.88. The number of aromatic nitrogens is 2. The van der Waals surface area contributed by atoms with Crippen LogP contribution in [0.15, 0.2) is 36.4 Å². The Hall–Kier alpha value is -2.14. The summed E-state index contributed by atoms with van der Waals surface area (Å²) in [6, 6.07) is 11.3. The molecule has 0 saturated carbocycles. The van der Waals surface area contributed by atoms with Crippen molar-refractivity contribution in [2.45, 2.75) is 13.5 Å². The molecule has 2 aromatic rings. The lowest BCUT2D eigenvalue weighted by molar-refractivity contribution is -0.119. The highest BCUT2D eigenvalue weighted by molar-refractivity contribution is 6.29. The predicted molar refractivity (Wildman–Crippen MR) is 78.6 cm³/mol. The third-order valence-electron chi connectivity index (χ3n) is 2.57. The zero-order chi connectivity index (χ0) is 14.4. The van der Waals surface area contributed by atoms with Gasteiger partial charge in [0.05, 0.1) is 6.54 Å². The zero-order valence-electron chi connectivity index (χ0n) is 11.1. The lowest BCUT2D eigenvalue weighted by Crippen LogP contribution is -2.29. The van der Waals surface area contributed by atoms with Crippen molar-refractivity contribution in [3.8, 4) is 0 Å². The van der Waals surface area contributed by atoms with E-state index in [1.807, 2.05) is 30.3 Å². The number of carbonyl (C=O) groups excluding carboxylic acids is 1. The van der Waals surface area contributed by atoms with Gasteiger partial charge in [0.1, 0.15) is 16.8 Å². The lowest BCUT2D eigenvalue weighted by atomic mass is 10.2. The Kier molecular flexibility index (Phi) is 4.90. The highest BCUT2D eigenvalue weighted by Gasteiger charge is 2.03. The monoisotopic (exact) mass is 290 g/mol. The van der Waals surface area contributed by atoms with Gasteiger partial charge in [-0.25, -0.2) is 9.97 Å². The fourth-order valence-electron chi connectivity index (χ4n) is 1.65. The van der Waals surface area contributed by atoms with Gasteiger partial charge in [-0.15, -0.1) is 0 Å². The number of anilines is 1. The maximum Gasteiger partial charge on any atom is 0.239 e. The van der Waals surface area contributed by atoms with Gasteiger partial charge >= 0.3 is 0 Å². The van der Waals surface area contributed by atoms with Crippen molar-refractivity contribution >= 4 is 23.3 Å². The Labute approximate surface area is 122 Å². The third-order valence-corrected chi connectivity index (χ3v) is 2.76. The molecule has 2 N–H and O–H groups in total. The van der Waals surface area contributed by atoms with Crippen LogP contribution in [-0.2, 0) is 11.3 Å². The maximum atomic E-state index is 11.7. The van der Waals surface area contributed by atoms with E-state index in [2.05, 4.69) is 20.6 Å². The quantitative estimate of drug-likeness (QED) is 0.828. The molecule has 5 nitrogen and oxygen atoms in total. The minimum absolute atomic E-state index is 0.110. The fraction of sp³-hybridized carbons (Fsp3) is 0.214. The number of hydrogen-bond donors (Lipinski definition) is 2. The van der Waals surface area contributed by atoms with Crippen molar-refractivity contribution < 1.29 is 4.79 Å². The topological polar surface area (TPSA) is 66.9 Å². The molecule has 0 bridgehead atoms. The van der Waals surface area contributed by atoms with E-state index in [0.29, 0.717) is 23.3 Å². The normalized spacial score (nSPS) is 10.1. The van der Waals surface area contributed by atoms with Crippen LogP contribution in [-0.4, -0.2) is 22.4 Å². The number of amides is 1. The molecule has 0 spiro atoms. The van der Waals surface area contributed by atoms with Gasteiger partial charge in [-0.3, -0.25) is 4.79 Å². The molecule has 1 aromatic carbocycles. The van der Waals surface area contributed by atoms with Gasteiger partial charge < -0.3 is 10.6 Å². The first kappa shape index (κ1) is 14.3. The van der Waals surface area contributed by atoms with E-state index in [-0.39, 0.29) is 12.5 Å². The van der Waals surface area contributed by atoms with Crippen LogP contribution in [0.25, 0.3) is 0 Å². The zero-order valence-corrected chi connectivity index (χ0v) is 11.8. The summed E-state index contributed by atoms with van der Waals surface area (Å²) < 4.78 is 0. The van der Waals surface area contributed by atoms with Crippen molar-refractivity contribution in [2.75, 3.05) is 11.9 Å². The van der Waals surface area contributed by atoms with E-state index in [4.69, 9.17) is 11.6 Å². The second-order valence-electron chi connectivity index (χ2n) is 4.24. The van der Waals surface area contributed by atoms with Crippen LogP contribution in [0.3, 0.4) is 0 Å². The summed E-state index contributed by atoms with van der Waals surface area (Å²) in [5.74, 6) is 0.989. The van der Waals surface area contributed by atoms with Gasteiger partial charge in [-0.2, -0.15) is 0 Å². The lowest BCUT2D eigenvalue weighted by Gasteiger charge is -2.08. The molecule has 1 heterocycles. The number of halogens is 1. The third kappa shape index (κ3) is 4.51. The van der Waals surface area contributed by atoms with E-state index >= 15 is 0 Å². The summed E-state index contributed by atoms with van der Waals surface area (Å²) in [5, 5.41) is 6.09. The largest absolute Gasteiger partial charge is 0.361 e. The average Bonchev–Trinajstić information content (AvgIpc) is 2.43. The van der Waals surface area contributed by atoms with Crippen LogP contribution in [0.5, 0.6) is 0 Å². The smallest absolute Gasteiger partial charge is 0.239 e. The number of aryl methyl sites for hydroxylation is 1. The first-order valence-electron chi connectivity index (χ1n) is 6.19. The van der Waals surface area contributed by atoms with Crippen molar-refractivity contribution in [1.29, 1.82) is 0 Å². The molecule has 104 valence electrons. The molecule has 0 aliphatic carbocycles. The van der Waals surface area contributed by atoms with E-state index in [1.165, 1.54) is 0 Å². The van der Waals surface area contributed by atoms with Gasteiger partial charge in [0.2, 0.25) is 5.91 Å². The Morgan fingerprint density at radius 2 is 2.00 bits per heavy atom. The van der Waals surface area contributed by atoms with Crippen LogP contribution in [0.2, 0.25) is 5.15 Å². The van der Waals surface area contributed by atoms with E-state index < -0.39 is 0 Å². The second kappa shape index (κ2) is 6.86. The average molecular weight is 291 g/mol. The van der Waals surface area contributed by atoms with E-state index in [9.17, 15) is 4.79 Å². The Morgan fingerprint density at radius 1 is 1.25 bits per heavy atom. The van der Waals surface area contributed by atoms with Crippen LogP contribution in [0, 0.1) is 6.92 Å². The molecular weight excluding hydrogens is 276 g/mol. The summed E-state index contributed by atoms with van der Waals surface area (Å²) in [7, 11) is 0. The number of nitrogens with one attached hydrogen (secondary N) is 2. The van der Waals surface area contributed by atoms with Crippen LogP contribution in [0.1, 0.15) is 11.4 Å². The molecule has 0 aliphatic heterocycles. The summed E-state index contributed by atoms with van der Waals surface area (Å²) in [5.41, 5.74) is 1.06. The SMILES string of the molecule is Cc1nc(Cl)cc(NCC(=O)NCc2ccccc2)n1. The summed E-state index contributed by atoms with van der Waals surface area (Å²) in [6.07, 6.45) is 0. The molecule has 2 rings (SSSR count). The van der Waals surface area contributed by atoms with Crippen LogP contribution in [0.4, 0.5) is 5.82 Å². The summed E-state index contributed by atoms with van der Waals surface area (Å²) in [4.78, 5) is 19.8. The van der Waals surface area contributed by atoms with Crippen molar-refractivity contribution in [2.24, 2.45) is 0 Å². The first-order chi connectivity index (χ1) is 9.63. The highest BCUT2D eigenvalue weighted by atomic mass is 35.5. The van der Waals surface area contributed by atoms with Crippen LogP contribution >= 0.6 is 11.6 Å². The molecule has 0 aliphatic rings. The van der Waals surface area contributed by atoms with E-state index in [1.54, 1.807) is 13.0 Å². The number of hydrogen-bond acceptors (Lipinski definition) is 4. The van der Waals surface area contributed by atoms with Crippen molar-refractivity contribution in [1.82, 2.24) is 15.3 Å². The molecule has 1 amide bonds. The molecule has 1 aromatic heterocycles. The minimum atomic E-state index is -0.110. The Balaban J connectivity index is 1.80. The van der Waals surface area contributed by atoms with Gasteiger partial charge in [-0.05, 0) is 12.5 Å². The number of benzene rings is 1. The molecule has 0 atom stereocenters. The van der Waals surface area contributed by atoms with Gasteiger partial charge in [0.25, 0.3) is 0 Å². The minimum Gasteiger partial charge on any atom is -0.361 e. The summed E-state index contributed by atoms with van der Waals surface area (Å²) >= 11 is 5.81. The molecule has 0 saturated heterocycles. The van der Waals surface area contributed by atoms with Gasteiger partial charge in [0.15, 0.2) is 0 Å². The summed E-state index contributed by atoms with van der Waals surface area (Å²) in [6.45, 7) is 2.39. The predicted octanol–water partition coefficient (Wildman–Crippen LogP) is 2.17. The molecule has 6 heteroatoms. The molecule has 20 heavy (non-hydrogen) atoms. The van der Waals surface area contributed by atoms with Gasteiger partial charge in [-0.1, -0.05) is 41.9 Å². The molecule has 0 radical (unpaired) electrons. The Morgan fingerprint density at radius 3 is 2.70 bits per heavy atom. The first-order valence-corrected chi connectivity index (χ1v) is 6.57. The second-order valence-corrected chi connectivity index (χ2v) is 4.63. The van der Waals surface area contributed by atoms with Crippen LogP contribution < -0.4 is 10.6 Å². The van der Waals surface area contributed by atoms with Gasteiger partial charge in [0, 0.05) is 12.6 Å². The Bertz CT molecular complexity index is 569. The molecular formula is C14H15ClN4O. The molecule has 0 fully saturated rings. The number of rotatable bonds is 5. The standard InChI is InChI=1S/C14H15ClN4O/c1-10-18-12(15)7-13(19-10)16-9-14(20)17-8-11-5-3-2-4-6-11/h2-7H,8-9H2,1H3,(H,17,20)(H,16,18,19). The number of nitrogens with zero attached hydrogens (tertiary/aromatic N) is 2. The van der Waals surface area contributed by atoms with Crippen molar-refractivity contribution in [3.63, 3.8) is 0 Å².